The lowest BCUT2D eigenvalue weighted by Crippen LogP contribution is -2.44. The van der Waals surface area contributed by atoms with Gasteiger partial charge in [-0.05, 0) is 124 Å². The first kappa shape index (κ1) is 61.0. The van der Waals surface area contributed by atoms with Crippen LogP contribution in [0, 0.1) is 34.1 Å². The number of sulfonamides is 2. The van der Waals surface area contributed by atoms with Gasteiger partial charge in [0.05, 0.1) is 46.1 Å². The van der Waals surface area contributed by atoms with Gasteiger partial charge in [0.1, 0.15) is 12.1 Å². The van der Waals surface area contributed by atoms with Crippen molar-refractivity contribution in [2.24, 2.45) is 0 Å². The van der Waals surface area contributed by atoms with Gasteiger partial charge in [0.25, 0.3) is 11.4 Å². The molecule has 6 aromatic carbocycles. The van der Waals surface area contributed by atoms with Crippen LogP contribution in [0.25, 0.3) is 0 Å². The number of nitrogens with one attached hydrogen (secondary N) is 6. The van der Waals surface area contributed by atoms with Gasteiger partial charge < -0.3 is 40.5 Å². The fraction of sp³-hybridized carbons (Fsp3) is 0.286. The minimum atomic E-state index is -4.08. The van der Waals surface area contributed by atoms with Gasteiger partial charge in [-0.25, -0.2) is 16.8 Å². The van der Waals surface area contributed by atoms with Crippen molar-refractivity contribution in [3.8, 4) is 0 Å². The number of nitro benzene ring substituents is 2. The van der Waals surface area contributed by atoms with Gasteiger partial charge in [-0.2, -0.15) is 9.44 Å². The Kier molecular flexibility index (Phi) is 21.3. The van der Waals surface area contributed by atoms with Crippen molar-refractivity contribution in [2.75, 3.05) is 83.7 Å². The zero-order valence-corrected chi connectivity index (χ0v) is 46.5. The van der Waals surface area contributed by atoms with Crippen LogP contribution in [0.5, 0.6) is 0 Å². The topological polar surface area (TPSA) is 320 Å². The number of carbonyl (C=O) groups is 4. The number of morpholine rings is 2. The molecule has 2 atom stereocenters. The molecule has 8 rings (SSSR count). The first-order valence-electron chi connectivity index (χ1n) is 26.0. The van der Waals surface area contributed by atoms with Crippen LogP contribution in [0.3, 0.4) is 0 Å². The molecule has 0 spiro atoms. The third kappa shape index (κ3) is 18.2. The summed E-state index contributed by atoms with van der Waals surface area (Å²) in [6.07, 6.45) is -0.661. The number of non-ortho nitro benzene ring substituents is 2. The minimum Gasteiger partial charge on any atom is -0.378 e. The molecule has 0 aromatic heterocycles. The van der Waals surface area contributed by atoms with Crippen molar-refractivity contribution < 1.29 is 55.3 Å². The summed E-state index contributed by atoms with van der Waals surface area (Å²) in [6, 6.07) is 34.8. The molecule has 26 heteroatoms. The number of amides is 4. The number of aryl methyl sites for hydroxylation is 2. The summed E-state index contributed by atoms with van der Waals surface area (Å²) < 4.78 is 68.0. The number of nitrogens with zero attached hydrogens (tertiary/aromatic N) is 4. The summed E-state index contributed by atoms with van der Waals surface area (Å²) in [5.74, 6) is -2.21. The average molecular weight is 1160 g/mol. The normalized spacial score (nSPS) is 14.2. The lowest BCUT2D eigenvalue weighted by atomic mass is 10.1. The zero-order chi connectivity index (χ0) is 58.8. The monoisotopic (exact) mass is 1160 g/mol. The van der Waals surface area contributed by atoms with Gasteiger partial charge in [0, 0.05) is 97.4 Å². The van der Waals surface area contributed by atoms with Crippen LogP contribution in [-0.2, 0) is 48.7 Å². The van der Waals surface area contributed by atoms with Gasteiger partial charge in [0.15, 0.2) is 0 Å². The lowest BCUT2D eigenvalue weighted by molar-refractivity contribution is -0.385. The van der Waals surface area contributed by atoms with Gasteiger partial charge in [-0.15, -0.1) is 0 Å². The largest absolute Gasteiger partial charge is 0.378 e. The molecule has 6 N–H and O–H groups in total. The maximum absolute atomic E-state index is 13.3. The fourth-order valence-corrected chi connectivity index (χ4v) is 10.8. The quantitative estimate of drug-likeness (QED) is 0.0298. The fourth-order valence-electron chi connectivity index (χ4n) is 8.38. The molecule has 432 valence electrons. The molecule has 0 saturated carbocycles. The molecule has 2 heterocycles. The van der Waals surface area contributed by atoms with Crippen LogP contribution < -0.4 is 40.5 Å². The highest BCUT2D eigenvalue weighted by molar-refractivity contribution is 7.89. The maximum Gasteiger partial charge on any atom is 0.269 e. The van der Waals surface area contributed by atoms with E-state index in [9.17, 15) is 56.2 Å². The molecular formula is C56H62N10O14S2. The van der Waals surface area contributed by atoms with Crippen molar-refractivity contribution >= 4 is 89.2 Å². The van der Waals surface area contributed by atoms with E-state index in [0.717, 1.165) is 48.7 Å². The van der Waals surface area contributed by atoms with Crippen LogP contribution in [0.15, 0.2) is 155 Å². The molecule has 24 nitrogen and oxygen atoms in total. The van der Waals surface area contributed by atoms with E-state index in [0.29, 0.717) is 49.2 Å². The van der Waals surface area contributed by atoms with Crippen LogP contribution in [-0.4, -0.2) is 115 Å². The Morgan fingerprint density at radius 1 is 0.463 bits per heavy atom. The van der Waals surface area contributed by atoms with E-state index in [-0.39, 0.29) is 46.8 Å². The van der Waals surface area contributed by atoms with E-state index >= 15 is 0 Å². The lowest BCUT2D eigenvalue weighted by Gasteiger charge is -2.29. The Bertz CT molecular complexity index is 3170. The van der Waals surface area contributed by atoms with Crippen molar-refractivity contribution in [3.63, 3.8) is 0 Å². The number of benzene rings is 6. The number of rotatable bonds is 22. The number of anilines is 6. The van der Waals surface area contributed by atoms with Crippen molar-refractivity contribution in [1.82, 2.24) is 9.44 Å². The van der Waals surface area contributed by atoms with Crippen LogP contribution >= 0.6 is 0 Å². The van der Waals surface area contributed by atoms with E-state index in [1.807, 2.05) is 38.1 Å². The molecule has 0 aliphatic carbocycles. The standard InChI is InChI=1S/2C28H31N5O7S/c2*1-20-2-12-25(13-3-20)41(38,39)31-26(14-15-27(34)29-21-6-10-24(11-7-21)33(36)37)28(35)30-22-4-8-23(9-5-22)32-16-18-40-19-17-32/h2*2-13,26,31H,14-19H2,1H3,(H,29,34)(H,30,35)/t2*26-/m00/s1. The second-order valence-electron chi connectivity index (χ2n) is 19.0. The Labute approximate surface area is 474 Å². The number of hydrogen-bond acceptors (Lipinski definition) is 16. The molecule has 2 fully saturated rings. The third-order valence-electron chi connectivity index (χ3n) is 13.0. The summed E-state index contributed by atoms with van der Waals surface area (Å²) in [5, 5.41) is 32.4. The summed E-state index contributed by atoms with van der Waals surface area (Å²) in [7, 11) is -8.16. The molecule has 0 radical (unpaired) electrons. The predicted octanol–water partition coefficient (Wildman–Crippen LogP) is 6.89. The Balaban J connectivity index is 0.000000236. The molecule has 4 amide bonds. The van der Waals surface area contributed by atoms with Gasteiger partial charge in [-0.1, -0.05) is 35.4 Å². The third-order valence-corrected chi connectivity index (χ3v) is 15.9. The highest BCUT2D eigenvalue weighted by Crippen LogP contribution is 2.24. The SMILES string of the molecule is Cc1ccc(S(=O)(=O)N[C@@H](CCC(=O)Nc2ccc([N+](=O)[O-])cc2)C(=O)Nc2ccc(N3CCOCC3)cc2)cc1.Cc1ccc(S(=O)(=O)N[C@@H](CCC(=O)Nc2ccc([N+](=O)[O-])cc2)C(=O)Nc2ccc(N3CCOCC3)cc2)cc1. The summed E-state index contributed by atoms with van der Waals surface area (Å²) in [5.41, 5.74) is 5.08. The van der Waals surface area contributed by atoms with E-state index in [4.69, 9.17) is 9.47 Å². The van der Waals surface area contributed by atoms with Gasteiger partial charge in [0.2, 0.25) is 43.7 Å². The van der Waals surface area contributed by atoms with Crippen molar-refractivity contribution in [1.29, 1.82) is 0 Å². The van der Waals surface area contributed by atoms with E-state index < -0.39 is 65.6 Å². The van der Waals surface area contributed by atoms with Crippen molar-refractivity contribution in [3.05, 3.63) is 177 Å². The van der Waals surface area contributed by atoms with E-state index in [1.54, 1.807) is 48.5 Å². The summed E-state index contributed by atoms with van der Waals surface area (Å²) in [4.78, 5) is 76.7. The molecule has 0 unspecified atom stereocenters. The van der Waals surface area contributed by atoms with E-state index in [1.165, 1.54) is 72.8 Å². The second kappa shape index (κ2) is 28.7. The number of hydrogen-bond donors (Lipinski definition) is 6. The van der Waals surface area contributed by atoms with Crippen LogP contribution in [0.1, 0.15) is 36.8 Å². The highest BCUT2D eigenvalue weighted by atomic mass is 32.2. The predicted molar refractivity (Wildman–Crippen MR) is 309 cm³/mol. The Morgan fingerprint density at radius 3 is 1.06 bits per heavy atom. The highest BCUT2D eigenvalue weighted by Gasteiger charge is 2.29. The molecule has 0 bridgehead atoms. The molecule has 2 aliphatic heterocycles. The van der Waals surface area contributed by atoms with Gasteiger partial charge in [-0.3, -0.25) is 39.4 Å². The molecular weight excluding hydrogens is 1100 g/mol. The van der Waals surface area contributed by atoms with E-state index in [2.05, 4.69) is 40.5 Å². The molecule has 2 aliphatic rings. The zero-order valence-electron chi connectivity index (χ0n) is 44.8. The molecule has 2 saturated heterocycles. The first-order chi connectivity index (χ1) is 39.2. The Hall–Kier alpha value is -8.66. The van der Waals surface area contributed by atoms with Crippen LogP contribution in [0.4, 0.5) is 45.5 Å². The smallest absolute Gasteiger partial charge is 0.269 e. The maximum atomic E-state index is 13.3. The first-order valence-corrected chi connectivity index (χ1v) is 28.9. The van der Waals surface area contributed by atoms with Crippen LogP contribution in [0.2, 0.25) is 0 Å². The Morgan fingerprint density at radius 2 is 0.756 bits per heavy atom. The average Bonchev–Trinajstić information content (AvgIpc) is 3.49. The summed E-state index contributed by atoms with van der Waals surface area (Å²) in [6.45, 7) is 9.25. The minimum absolute atomic E-state index is 0.00824. The number of ether oxygens (including phenoxy) is 2. The van der Waals surface area contributed by atoms with Gasteiger partial charge >= 0.3 is 0 Å². The number of nitro groups is 2. The molecule has 82 heavy (non-hydrogen) atoms. The second-order valence-corrected chi connectivity index (χ2v) is 22.5. The summed E-state index contributed by atoms with van der Waals surface area (Å²) >= 11 is 0. The number of carbonyl (C=O) groups excluding carboxylic acids is 4. The molecule has 6 aromatic rings. The van der Waals surface area contributed by atoms with Crippen molar-refractivity contribution in [2.45, 2.75) is 61.4 Å².